The third-order valence-corrected chi connectivity index (χ3v) is 3.43. The molecule has 5 heteroatoms. The second kappa shape index (κ2) is 4.27. The van der Waals surface area contributed by atoms with Gasteiger partial charge < -0.3 is 9.79 Å². The van der Waals surface area contributed by atoms with E-state index in [1.807, 2.05) is 13.0 Å². The Bertz CT molecular complexity index is 421. The average molecular weight is 228 g/mol. The van der Waals surface area contributed by atoms with Crippen molar-refractivity contribution in [2.45, 2.75) is 19.5 Å². The Morgan fingerprint density at radius 1 is 1.40 bits per heavy atom. The molecule has 0 aliphatic heterocycles. The molecule has 82 valence electrons. The van der Waals surface area contributed by atoms with E-state index in [0.29, 0.717) is 5.56 Å². The number of ketones is 1. The van der Waals surface area contributed by atoms with Gasteiger partial charge in [0.15, 0.2) is 5.78 Å². The fraction of sp³-hybridized carbons (Fsp3) is 0.300. The Morgan fingerprint density at radius 3 is 2.47 bits per heavy atom. The number of aryl methyl sites for hydroxylation is 1. The maximum absolute atomic E-state index is 11.7. The highest BCUT2D eigenvalue weighted by Crippen LogP contribution is 2.42. The summed E-state index contributed by atoms with van der Waals surface area (Å²) in [5.41, 5.74) is -0.0520. The van der Waals surface area contributed by atoms with Gasteiger partial charge in [0.1, 0.15) is 5.66 Å². The smallest absolute Gasteiger partial charge is 0.324 e. The number of hydrogen-bond donors (Lipinski definition) is 2. The van der Waals surface area contributed by atoms with Gasteiger partial charge in [0.2, 0.25) is 0 Å². The first-order chi connectivity index (χ1) is 6.82. The zero-order valence-electron chi connectivity index (χ0n) is 8.54. The van der Waals surface area contributed by atoms with Crippen molar-refractivity contribution in [3.05, 3.63) is 35.4 Å². The minimum absolute atomic E-state index is 0.339. The molecule has 2 N–H and O–H groups in total. The summed E-state index contributed by atoms with van der Waals surface area (Å²) < 4.78 is 10.9. The van der Waals surface area contributed by atoms with Gasteiger partial charge in [0.25, 0.3) is 0 Å². The molecule has 1 aromatic carbocycles. The molecule has 1 unspecified atom stereocenters. The van der Waals surface area contributed by atoms with Crippen LogP contribution in [0.3, 0.4) is 0 Å². The van der Waals surface area contributed by atoms with Gasteiger partial charge in [-0.2, -0.15) is 0 Å². The highest BCUT2D eigenvalue weighted by Gasteiger charge is 2.31. The number of carbonyl (C=O) groups is 1. The fourth-order valence-electron chi connectivity index (χ4n) is 1.19. The number of hydrogen-bond acceptors (Lipinski definition) is 2. The van der Waals surface area contributed by atoms with Crippen LogP contribution in [0.2, 0.25) is 0 Å². The summed E-state index contributed by atoms with van der Waals surface area (Å²) in [6.45, 7) is 3.06. The van der Waals surface area contributed by atoms with Gasteiger partial charge in [-0.05, 0) is 19.9 Å². The molecule has 0 saturated carbocycles. The van der Waals surface area contributed by atoms with Gasteiger partial charge in [-0.1, -0.05) is 23.8 Å². The summed E-state index contributed by atoms with van der Waals surface area (Å²) in [4.78, 5) is 29.4. The van der Waals surface area contributed by atoms with Crippen LogP contribution in [0.15, 0.2) is 24.3 Å². The molecular formula is C10H13O4P. The van der Waals surface area contributed by atoms with E-state index in [9.17, 15) is 9.36 Å². The molecular weight excluding hydrogens is 215 g/mol. The van der Waals surface area contributed by atoms with Gasteiger partial charge in [-0.25, -0.2) is 0 Å². The van der Waals surface area contributed by atoms with E-state index >= 15 is 0 Å². The van der Waals surface area contributed by atoms with Gasteiger partial charge in [-0.15, -0.1) is 0 Å². The Hall–Kier alpha value is -0.960. The standard InChI is InChI=1S/C10H13O4P/c1-7-4-3-5-9(6-7)10(11)8(2)15(12,13)14/h3-6,8H,1-2H3,(H2,12,13,14). The molecule has 0 fully saturated rings. The highest BCUT2D eigenvalue weighted by molar-refractivity contribution is 7.53. The maximum Gasteiger partial charge on any atom is 0.336 e. The molecule has 0 amide bonds. The van der Waals surface area contributed by atoms with Crippen LogP contribution >= 0.6 is 7.60 Å². The van der Waals surface area contributed by atoms with Crippen molar-refractivity contribution < 1.29 is 19.1 Å². The molecule has 0 spiro atoms. The topological polar surface area (TPSA) is 74.6 Å². The number of Topliss-reactive ketones (excluding diaryl/α,β-unsaturated/α-hetero) is 1. The van der Waals surface area contributed by atoms with E-state index in [-0.39, 0.29) is 0 Å². The lowest BCUT2D eigenvalue weighted by atomic mass is 10.1. The van der Waals surface area contributed by atoms with Crippen LogP contribution in [0, 0.1) is 6.92 Å². The first-order valence-electron chi connectivity index (χ1n) is 4.48. The zero-order chi connectivity index (χ0) is 11.6. The maximum atomic E-state index is 11.7. The summed E-state index contributed by atoms with van der Waals surface area (Å²) >= 11 is 0. The summed E-state index contributed by atoms with van der Waals surface area (Å²) in [5, 5.41) is 0. The normalized spacial score (nSPS) is 13.6. The Labute approximate surface area is 88.1 Å². The van der Waals surface area contributed by atoms with Crippen molar-refractivity contribution in [1.29, 1.82) is 0 Å². The third kappa shape index (κ3) is 2.99. The summed E-state index contributed by atoms with van der Waals surface area (Å²) in [6.07, 6.45) is 0. The molecule has 1 rings (SSSR count). The lowest BCUT2D eigenvalue weighted by Gasteiger charge is -2.12. The molecule has 0 heterocycles. The Balaban J connectivity index is 3.01. The fourth-order valence-corrected chi connectivity index (χ4v) is 1.65. The van der Waals surface area contributed by atoms with Crippen molar-refractivity contribution in [1.82, 2.24) is 0 Å². The lowest BCUT2D eigenvalue weighted by Crippen LogP contribution is -2.17. The average Bonchev–Trinajstić information content (AvgIpc) is 2.14. The van der Waals surface area contributed by atoms with Crippen molar-refractivity contribution in [3.63, 3.8) is 0 Å². The van der Waals surface area contributed by atoms with Gasteiger partial charge in [0, 0.05) is 5.56 Å². The molecule has 0 radical (unpaired) electrons. The molecule has 0 aliphatic carbocycles. The number of rotatable bonds is 3. The van der Waals surface area contributed by atoms with E-state index in [1.165, 1.54) is 6.92 Å². The van der Waals surface area contributed by atoms with E-state index < -0.39 is 19.0 Å². The van der Waals surface area contributed by atoms with E-state index in [2.05, 4.69) is 0 Å². The number of benzene rings is 1. The SMILES string of the molecule is Cc1cccc(C(=O)C(C)P(=O)(O)O)c1. The van der Waals surface area contributed by atoms with Gasteiger partial charge in [0.05, 0.1) is 0 Å². The monoisotopic (exact) mass is 228 g/mol. The Kier molecular flexibility index (Phi) is 3.45. The molecule has 0 bridgehead atoms. The molecule has 1 atom stereocenters. The van der Waals surface area contributed by atoms with Gasteiger partial charge in [-0.3, -0.25) is 9.36 Å². The Morgan fingerprint density at radius 2 is 2.00 bits per heavy atom. The summed E-state index contributed by atoms with van der Waals surface area (Å²) in [6, 6.07) is 6.68. The minimum Gasteiger partial charge on any atom is -0.324 e. The van der Waals surface area contributed by atoms with E-state index in [0.717, 1.165) is 5.56 Å². The minimum atomic E-state index is -4.34. The predicted molar refractivity (Wildman–Crippen MR) is 57.0 cm³/mol. The lowest BCUT2D eigenvalue weighted by molar-refractivity contribution is 0.0983. The van der Waals surface area contributed by atoms with Crippen molar-refractivity contribution in [2.24, 2.45) is 0 Å². The second-order valence-corrected chi connectivity index (χ2v) is 5.45. The summed E-state index contributed by atoms with van der Waals surface area (Å²) in [7, 11) is -4.34. The quantitative estimate of drug-likeness (QED) is 0.610. The zero-order valence-corrected chi connectivity index (χ0v) is 9.44. The first-order valence-corrected chi connectivity index (χ1v) is 6.16. The van der Waals surface area contributed by atoms with E-state index in [1.54, 1.807) is 18.2 Å². The molecule has 1 aromatic rings. The second-order valence-electron chi connectivity index (χ2n) is 3.50. The van der Waals surface area contributed by atoms with Crippen LogP contribution in [0.1, 0.15) is 22.8 Å². The van der Waals surface area contributed by atoms with Crippen molar-refractivity contribution in [3.8, 4) is 0 Å². The molecule has 15 heavy (non-hydrogen) atoms. The third-order valence-electron chi connectivity index (χ3n) is 2.19. The van der Waals surface area contributed by atoms with Crippen LogP contribution in [0.25, 0.3) is 0 Å². The van der Waals surface area contributed by atoms with Crippen LogP contribution in [-0.4, -0.2) is 21.2 Å². The highest BCUT2D eigenvalue weighted by atomic mass is 31.2. The molecule has 0 aliphatic rings. The summed E-state index contributed by atoms with van der Waals surface area (Å²) in [5.74, 6) is -0.521. The van der Waals surface area contributed by atoms with Crippen LogP contribution in [0.4, 0.5) is 0 Å². The van der Waals surface area contributed by atoms with Crippen LogP contribution < -0.4 is 0 Å². The largest absolute Gasteiger partial charge is 0.336 e. The van der Waals surface area contributed by atoms with Gasteiger partial charge >= 0.3 is 7.60 Å². The number of carbonyl (C=O) groups excluding carboxylic acids is 1. The van der Waals surface area contributed by atoms with E-state index in [4.69, 9.17) is 9.79 Å². The molecule has 4 nitrogen and oxygen atoms in total. The molecule has 0 aromatic heterocycles. The van der Waals surface area contributed by atoms with Crippen molar-refractivity contribution in [2.75, 3.05) is 0 Å². The van der Waals surface area contributed by atoms with Crippen LogP contribution in [0.5, 0.6) is 0 Å². The van der Waals surface area contributed by atoms with Crippen LogP contribution in [-0.2, 0) is 4.57 Å². The predicted octanol–water partition coefficient (Wildman–Crippen LogP) is 1.74. The molecule has 0 saturated heterocycles. The van der Waals surface area contributed by atoms with Crippen molar-refractivity contribution >= 4 is 13.4 Å². The first kappa shape index (κ1) is 12.1.